The number of aryl methyl sites for hydroxylation is 1. The highest BCUT2D eigenvalue weighted by atomic mass is 32.1. The smallest absolute Gasteiger partial charge is 0.347 e. The normalized spacial score (nSPS) is 10.6. The number of hydrogen-bond acceptors (Lipinski definition) is 5. The number of aromatic nitrogens is 1. The zero-order valence-corrected chi connectivity index (χ0v) is 15.1. The molecule has 24 heavy (non-hydrogen) atoms. The van der Waals surface area contributed by atoms with Gasteiger partial charge < -0.3 is 14.6 Å². The first-order valence-corrected chi connectivity index (χ1v) is 8.90. The minimum atomic E-state index is -0.949. The molecule has 0 aliphatic carbocycles. The van der Waals surface area contributed by atoms with Gasteiger partial charge in [-0.1, -0.05) is 26.2 Å². The second kappa shape index (κ2) is 8.68. The van der Waals surface area contributed by atoms with Gasteiger partial charge in [0.1, 0.15) is 9.88 Å². The lowest BCUT2D eigenvalue weighted by Crippen LogP contribution is -1.99. The number of carboxylic acid groups (broad SMARTS) is 1. The van der Waals surface area contributed by atoms with Gasteiger partial charge in [-0.05, 0) is 31.5 Å². The highest BCUT2D eigenvalue weighted by Gasteiger charge is 2.16. The van der Waals surface area contributed by atoms with E-state index in [-0.39, 0.29) is 4.88 Å². The summed E-state index contributed by atoms with van der Waals surface area (Å²) in [6, 6.07) is 5.57. The van der Waals surface area contributed by atoms with E-state index >= 15 is 0 Å². The van der Waals surface area contributed by atoms with Gasteiger partial charge in [-0.3, -0.25) is 0 Å². The van der Waals surface area contributed by atoms with Crippen molar-refractivity contribution < 1.29 is 19.4 Å². The van der Waals surface area contributed by atoms with Gasteiger partial charge in [-0.15, -0.1) is 11.3 Å². The number of rotatable bonds is 9. The summed E-state index contributed by atoms with van der Waals surface area (Å²) in [5.41, 5.74) is 1.35. The van der Waals surface area contributed by atoms with Crippen LogP contribution in [0.1, 0.15) is 48.0 Å². The van der Waals surface area contributed by atoms with Crippen LogP contribution in [0.25, 0.3) is 10.6 Å². The molecule has 130 valence electrons. The number of thiazole rings is 1. The minimum absolute atomic E-state index is 0.264. The quantitative estimate of drug-likeness (QED) is 0.660. The Morgan fingerprint density at radius 1 is 1.25 bits per heavy atom. The van der Waals surface area contributed by atoms with Crippen molar-refractivity contribution in [1.82, 2.24) is 4.98 Å². The predicted molar refractivity (Wildman–Crippen MR) is 95.4 cm³/mol. The summed E-state index contributed by atoms with van der Waals surface area (Å²) < 4.78 is 11.2. The van der Waals surface area contributed by atoms with Gasteiger partial charge in [-0.25, -0.2) is 9.78 Å². The fraction of sp³-hybridized carbons (Fsp3) is 0.444. The summed E-state index contributed by atoms with van der Waals surface area (Å²) in [4.78, 5) is 15.8. The van der Waals surface area contributed by atoms with Crippen molar-refractivity contribution in [1.29, 1.82) is 0 Å². The highest BCUT2D eigenvalue weighted by Crippen LogP contribution is 2.35. The van der Waals surface area contributed by atoms with E-state index in [0.717, 1.165) is 18.4 Å². The van der Waals surface area contributed by atoms with Crippen LogP contribution in [0.2, 0.25) is 0 Å². The largest absolute Gasteiger partial charge is 0.493 e. The van der Waals surface area contributed by atoms with Crippen molar-refractivity contribution in [2.75, 3.05) is 13.7 Å². The van der Waals surface area contributed by atoms with Crippen molar-refractivity contribution in [3.8, 4) is 22.1 Å². The Kier molecular flexibility index (Phi) is 6.61. The van der Waals surface area contributed by atoms with Gasteiger partial charge in [0, 0.05) is 5.56 Å². The molecule has 0 atom stereocenters. The summed E-state index contributed by atoms with van der Waals surface area (Å²) in [6.45, 7) is 4.54. The molecule has 0 amide bonds. The molecule has 0 aliphatic heterocycles. The summed E-state index contributed by atoms with van der Waals surface area (Å²) >= 11 is 1.17. The molecule has 0 bridgehead atoms. The third-order valence-electron chi connectivity index (χ3n) is 3.66. The van der Waals surface area contributed by atoms with Crippen LogP contribution in [0.3, 0.4) is 0 Å². The Bertz CT molecular complexity index is 696. The van der Waals surface area contributed by atoms with Gasteiger partial charge >= 0.3 is 5.97 Å². The third kappa shape index (κ3) is 4.47. The molecular formula is C18H23NO4S. The van der Waals surface area contributed by atoms with Crippen LogP contribution in [-0.2, 0) is 0 Å². The Hall–Kier alpha value is -2.08. The molecule has 5 nitrogen and oxygen atoms in total. The van der Waals surface area contributed by atoms with Crippen molar-refractivity contribution in [2.45, 2.75) is 39.5 Å². The zero-order chi connectivity index (χ0) is 17.5. The topological polar surface area (TPSA) is 68.7 Å². The Morgan fingerprint density at radius 3 is 2.67 bits per heavy atom. The second-order valence-corrected chi connectivity index (χ2v) is 6.51. The number of carbonyl (C=O) groups is 1. The van der Waals surface area contributed by atoms with Crippen LogP contribution in [-0.4, -0.2) is 29.8 Å². The van der Waals surface area contributed by atoms with Crippen LogP contribution in [0.4, 0.5) is 0 Å². The second-order valence-electron chi connectivity index (χ2n) is 5.51. The van der Waals surface area contributed by atoms with Crippen LogP contribution >= 0.6 is 11.3 Å². The molecule has 1 heterocycles. The molecule has 6 heteroatoms. The van der Waals surface area contributed by atoms with Gasteiger partial charge in [-0.2, -0.15) is 0 Å². The van der Waals surface area contributed by atoms with E-state index in [2.05, 4.69) is 11.9 Å². The lowest BCUT2D eigenvalue weighted by atomic mass is 10.2. The lowest BCUT2D eigenvalue weighted by Gasteiger charge is -2.11. The number of hydrogen-bond donors (Lipinski definition) is 1. The highest BCUT2D eigenvalue weighted by molar-refractivity contribution is 7.17. The molecule has 0 unspecified atom stereocenters. The number of methoxy groups -OCH3 is 1. The van der Waals surface area contributed by atoms with Crippen molar-refractivity contribution in [2.24, 2.45) is 0 Å². The maximum atomic E-state index is 11.2. The maximum absolute atomic E-state index is 11.2. The van der Waals surface area contributed by atoms with E-state index in [4.69, 9.17) is 14.6 Å². The molecule has 0 fully saturated rings. The number of aromatic carboxylic acids is 1. The Morgan fingerprint density at radius 2 is 2.04 bits per heavy atom. The number of carboxylic acids is 1. The molecule has 2 rings (SSSR count). The third-order valence-corrected chi connectivity index (χ3v) is 4.85. The maximum Gasteiger partial charge on any atom is 0.347 e. The molecular weight excluding hydrogens is 326 g/mol. The van der Waals surface area contributed by atoms with E-state index in [1.165, 1.54) is 24.2 Å². The lowest BCUT2D eigenvalue weighted by molar-refractivity contribution is 0.0701. The van der Waals surface area contributed by atoms with Crippen molar-refractivity contribution in [3.05, 3.63) is 28.8 Å². The fourth-order valence-electron chi connectivity index (χ4n) is 2.35. The number of unbranched alkanes of at least 4 members (excludes halogenated alkanes) is 3. The number of nitrogens with zero attached hydrogens (tertiary/aromatic N) is 1. The molecule has 0 aliphatic rings. The van der Waals surface area contributed by atoms with Crippen LogP contribution in [0, 0.1) is 6.92 Å². The summed E-state index contributed by atoms with van der Waals surface area (Å²) in [5.74, 6) is 0.382. The molecule has 1 aromatic heterocycles. The first kappa shape index (κ1) is 18.3. The standard InChI is InChI=1S/C18H23NO4S/c1-4-5-6-7-10-23-14-9-8-13(11-15(14)22-3)17-19-12(2)16(24-17)18(20)21/h8-9,11H,4-7,10H2,1-3H3,(H,20,21). The van der Waals surface area contributed by atoms with E-state index in [9.17, 15) is 4.79 Å². The molecule has 0 saturated carbocycles. The Labute approximate surface area is 146 Å². The van der Waals surface area contributed by atoms with Crippen LogP contribution < -0.4 is 9.47 Å². The summed E-state index contributed by atoms with van der Waals surface area (Å²) in [5, 5.41) is 9.82. The van der Waals surface area contributed by atoms with Gasteiger partial charge in [0.2, 0.25) is 0 Å². The molecule has 2 aromatic rings. The molecule has 0 saturated heterocycles. The van der Waals surface area contributed by atoms with Crippen molar-refractivity contribution >= 4 is 17.3 Å². The minimum Gasteiger partial charge on any atom is -0.493 e. The van der Waals surface area contributed by atoms with E-state index in [0.29, 0.717) is 28.8 Å². The monoisotopic (exact) mass is 349 g/mol. The summed E-state index contributed by atoms with van der Waals surface area (Å²) in [7, 11) is 1.60. The van der Waals surface area contributed by atoms with Crippen LogP contribution in [0.5, 0.6) is 11.5 Å². The first-order valence-electron chi connectivity index (χ1n) is 8.08. The zero-order valence-electron chi connectivity index (χ0n) is 14.3. The molecule has 1 N–H and O–H groups in total. The van der Waals surface area contributed by atoms with E-state index in [1.54, 1.807) is 14.0 Å². The molecule has 0 spiro atoms. The first-order chi connectivity index (χ1) is 11.6. The fourth-order valence-corrected chi connectivity index (χ4v) is 3.25. The SMILES string of the molecule is CCCCCCOc1ccc(-c2nc(C)c(C(=O)O)s2)cc1OC. The predicted octanol–water partition coefficient (Wildman–Crippen LogP) is 4.78. The van der Waals surface area contributed by atoms with Gasteiger partial charge in [0.05, 0.1) is 19.4 Å². The van der Waals surface area contributed by atoms with E-state index < -0.39 is 5.97 Å². The van der Waals surface area contributed by atoms with Crippen LogP contribution in [0.15, 0.2) is 18.2 Å². The molecule has 0 radical (unpaired) electrons. The average molecular weight is 349 g/mol. The van der Waals surface area contributed by atoms with Crippen molar-refractivity contribution in [3.63, 3.8) is 0 Å². The summed E-state index contributed by atoms with van der Waals surface area (Å²) in [6.07, 6.45) is 4.60. The van der Waals surface area contributed by atoms with E-state index in [1.807, 2.05) is 18.2 Å². The van der Waals surface area contributed by atoms with Gasteiger partial charge in [0.25, 0.3) is 0 Å². The van der Waals surface area contributed by atoms with Gasteiger partial charge in [0.15, 0.2) is 11.5 Å². The number of ether oxygens (including phenoxy) is 2. The Balaban J connectivity index is 2.13. The number of benzene rings is 1. The molecule has 1 aromatic carbocycles. The average Bonchev–Trinajstić information content (AvgIpc) is 2.97.